The Morgan fingerprint density at radius 1 is 1.05 bits per heavy atom. The van der Waals surface area contributed by atoms with Crippen LogP contribution in [0.1, 0.15) is 24.0 Å². The highest BCUT2D eigenvalue weighted by Crippen LogP contribution is 2.28. The van der Waals surface area contributed by atoms with Gasteiger partial charge in [-0.25, -0.2) is 0 Å². The molecule has 21 heavy (non-hydrogen) atoms. The van der Waals surface area contributed by atoms with Gasteiger partial charge in [-0.2, -0.15) is 0 Å². The lowest BCUT2D eigenvalue weighted by Gasteiger charge is -2.11. The SMILES string of the molecule is Brc1ccccc1COc1ccc(CNC2CC2)cc1Br. The molecule has 2 aromatic rings. The van der Waals surface area contributed by atoms with Gasteiger partial charge >= 0.3 is 0 Å². The van der Waals surface area contributed by atoms with E-state index in [1.54, 1.807) is 0 Å². The number of hydrogen-bond donors (Lipinski definition) is 1. The van der Waals surface area contributed by atoms with Crippen LogP contribution in [0.5, 0.6) is 5.75 Å². The van der Waals surface area contributed by atoms with Gasteiger partial charge in [0.1, 0.15) is 12.4 Å². The molecule has 0 unspecified atom stereocenters. The van der Waals surface area contributed by atoms with Gasteiger partial charge in [-0.3, -0.25) is 0 Å². The summed E-state index contributed by atoms with van der Waals surface area (Å²) < 4.78 is 7.98. The molecule has 0 spiro atoms. The first kappa shape index (κ1) is 15.1. The number of benzene rings is 2. The summed E-state index contributed by atoms with van der Waals surface area (Å²) in [6.45, 7) is 1.48. The van der Waals surface area contributed by atoms with E-state index in [9.17, 15) is 0 Å². The fourth-order valence-electron chi connectivity index (χ4n) is 2.09. The van der Waals surface area contributed by atoms with E-state index in [1.165, 1.54) is 18.4 Å². The van der Waals surface area contributed by atoms with Crippen molar-refractivity contribution < 1.29 is 4.74 Å². The number of hydrogen-bond acceptors (Lipinski definition) is 2. The predicted molar refractivity (Wildman–Crippen MR) is 92.5 cm³/mol. The molecular weight excluding hydrogens is 394 g/mol. The molecule has 3 rings (SSSR count). The van der Waals surface area contributed by atoms with Gasteiger partial charge in [0.15, 0.2) is 0 Å². The van der Waals surface area contributed by atoms with E-state index in [0.717, 1.165) is 32.8 Å². The Morgan fingerprint density at radius 2 is 1.86 bits per heavy atom. The molecule has 1 saturated carbocycles. The van der Waals surface area contributed by atoms with Crippen molar-refractivity contribution in [1.29, 1.82) is 0 Å². The van der Waals surface area contributed by atoms with Gasteiger partial charge in [-0.15, -0.1) is 0 Å². The zero-order chi connectivity index (χ0) is 14.7. The van der Waals surface area contributed by atoms with Crippen LogP contribution in [0.3, 0.4) is 0 Å². The molecule has 0 aromatic heterocycles. The van der Waals surface area contributed by atoms with Crippen molar-refractivity contribution in [2.45, 2.75) is 32.0 Å². The summed E-state index contributed by atoms with van der Waals surface area (Å²) in [7, 11) is 0. The largest absolute Gasteiger partial charge is 0.488 e. The first-order chi connectivity index (χ1) is 10.2. The van der Waals surface area contributed by atoms with Crippen LogP contribution in [0.15, 0.2) is 51.4 Å². The van der Waals surface area contributed by atoms with Gasteiger partial charge in [0.25, 0.3) is 0 Å². The van der Waals surface area contributed by atoms with Crippen LogP contribution in [-0.4, -0.2) is 6.04 Å². The van der Waals surface area contributed by atoms with Crippen molar-refractivity contribution in [2.24, 2.45) is 0 Å². The third-order valence-electron chi connectivity index (χ3n) is 3.51. The Hall–Kier alpha value is -0.840. The molecule has 1 aliphatic rings. The second-order valence-electron chi connectivity index (χ2n) is 5.30. The molecule has 1 N–H and O–H groups in total. The Bertz CT molecular complexity index is 626. The van der Waals surface area contributed by atoms with E-state index in [-0.39, 0.29) is 0 Å². The summed E-state index contributed by atoms with van der Waals surface area (Å²) in [5, 5.41) is 3.52. The first-order valence-corrected chi connectivity index (χ1v) is 8.69. The zero-order valence-electron chi connectivity index (χ0n) is 11.6. The molecule has 4 heteroatoms. The lowest BCUT2D eigenvalue weighted by Crippen LogP contribution is -2.15. The van der Waals surface area contributed by atoms with Crippen molar-refractivity contribution in [2.75, 3.05) is 0 Å². The fourth-order valence-corrected chi connectivity index (χ4v) is 3.03. The minimum Gasteiger partial charge on any atom is -0.488 e. The Balaban J connectivity index is 1.61. The molecule has 110 valence electrons. The normalized spacial score (nSPS) is 14.2. The van der Waals surface area contributed by atoms with Gasteiger partial charge in [0, 0.05) is 22.6 Å². The second kappa shape index (κ2) is 6.95. The first-order valence-electron chi connectivity index (χ1n) is 7.10. The topological polar surface area (TPSA) is 21.3 Å². The molecule has 2 aromatic carbocycles. The third-order valence-corrected chi connectivity index (χ3v) is 4.90. The summed E-state index contributed by atoms with van der Waals surface area (Å²) in [5.74, 6) is 0.876. The maximum Gasteiger partial charge on any atom is 0.134 e. The quantitative estimate of drug-likeness (QED) is 0.719. The molecule has 1 fully saturated rings. The Labute approximate surface area is 142 Å². The molecule has 0 atom stereocenters. The van der Waals surface area contributed by atoms with Gasteiger partial charge < -0.3 is 10.1 Å². The van der Waals surface area contributed by atoms with E-state index in [1.807, 2.05) is 24.3 Å². The average molecular weight is 411 g/mol. The second-order valence-corrected chi connectivity index (χ2v) is 7.01. The summed E-state index contributed by atoms with van der Waals surface area (Å²) in [6, 6.07) is 15.1. The van der Waals surface area contributed by atoms with Crippen LogP contribution in [-0.2, 0) is 13.2 Å². The Morgan fingerprint density at radius 3 is 2.57 bits per heavy atom. The van der Waals surface area contributed by atoms with E-state index in [4.69, 9.17) is 4.74 Å². The highest BCUT2D eigenvalue weighted by Gasteiger charge is 2.20. The van der Waals surface area contributed by atoms with Crippen molar-refractivity contribution in [3.8, 4) is 5.75 Å². The molecule has 0 saturated heterocycles. The van der Waals surface area contributed by atoms with Crippen molar-refractivity contribution in [1.82, 2.24) is 5.32 Å². The molecule has 2 nitrogen and oxygen atoms in total. The van der Waals surface area contributed by atoms with Gasteiger partial charge in [-0.05, 0) is 52.5 Å². The fraction of sp³-hybridized carbons (Fsp3) is 0.294. The van der Waals surface area contributed by atoms with Gasteiger partial charge in [0.2, 0.25) is 0 Å². The minimum atomic E-state index is 0.555. The standard InChI is InChI=1S/C17H17Br2NO/c18-15-4-2-1-3-13(15)11-21-17-8-5-12(9-16(17)19)10-20-14-6-7-14/h1-5,8-9,14,20H,6-7,10-11H2. The predicted octanol–water partition coefficient (Wildman–Crippen LogP) is 5.04. The van der Waals surface area contributed by atoms with Crippen LogP contribution >= 0.6 is 31.9 Å². The summed E-state index contributed by atoms with van der Waals surface area (Å²) >= 11 is 7.14. The molecule has 0 aliphatic heterocycles. The van der Waals surface area contributed by atoms with Crippen LogP contribution in [0.25, 0.3) is 0 Å². The minimum absolute atomic E-state index is 0.555. The van der Waals surface area contributed by atoms with Crippen molar-refractivity contribution >= 4 is 31.9 Å². The highest BCUT2D eigenvalue weighted by molar-refractivity contribution is 9.10. The third kappa shape index (κ3) is 4.31. The smallest absolute Gasteiger partial charge is 0.134 e. The molecular formula is C17H17Br2NO. The number of halogens is 2. The van der Waals surface area contributed by atoms with Crippen LogP contribution < -0.4 is 10.1 Å². The van der Waals surface area contributed by atoms with E-state index >= 15 is 0 Å². The van der Waals surface area contributed by atoms with Crippen LogP contribution in [0, 0.1) is 0 Å². The molecule has 0 heterocycles. The molecule has 0 bridgehead atoms. The molecule has 0 amide bonds. The average Bonchev–Trinajstić information content (AvgIpc) is 3.30. The summed E-state index contributed by atoms with van der Waals surface area (Å²) in [4.78, 5) is 0. The number of nitrogens with one attached hydrogen (secondary N) is 1. The summed E-state index contributed by atoms with van der Waals surface area (Å²) in [5.41, 5.74) is 2.42. The Kier molecular flexibility index (Phi) is 4.99. The van der Waals surface area contributed by atoms with Crippen molar-refractivity contribution in [3.05, 3.63) is 62.5 Å². The van der Waals surface area contributed by atoms with Crippen molar-refractivity contribution in [3.63, 3.8) is 0 Å². The van der Waals surface area contributed by atoms with Gasteiger partial charge in [-0.1, -0.05) is 40.2 Å². The number of ether oxygens (including phenoxy) is 1. The van der Waals surface area contributed by atoms with E-state index in [2.05, 4.69) is 55.4 Å². The molecule has 1 aliphatic carbocycles. The maximum absolute atomic E-state index is 5.90. The van der Waals surface area contributed by atoms with E-state index < -0.39 is 0 Å². The summed E-state index contributed by atoms with van der Waals surface area (Å²) in [6.07, 6.45) is 2.63. The van der Waals surface area contributed by atoms with Crippen LogP contribution in [0.2, 0.25) is 0 Å². The zero-order valence-corrected chi connectivity index (χ0v) is 14.8. The molecule has 0 radical (unpaired) electrons. The van der Waals surface area contributed by atoms with Gasteiger partial charge in [0.05, 0.1) is 4.47 Å². The van der Waals surface area contributed by atoms with E-state index in [0.29, 0.717) is 6.61 Å². The maximum atomic E-state index is 5.90. The lowest BCUT2D eigenvalue weighted by molar-refractivity contribution is 0.303. The number of rotatable bonds is 6. The monoisotopic (exact) mass is 409 g/mol. The lowest BCUT2D eigenvalue weighted by atomic mass is 10.2. The highest BCUT2D eigenvalue weighted by atomic mass is 79.9. The van der Waals surface area contributed by atoms with Crippen LogP contribution in [0.4, 0.5) is 0 Å².